The number of hydrogen-bond donors (Lipinski definition) is 1. The first kappa shape index (κ1) is 14.1. The normalized spacial score (nSPS) is 27.7. The molecule has 0 bridgehead atoms. The highest BCUT2D eigenvalue weighted by Crippen LogP contribution is 2.25. The van der Waals surface area contributed by atoms with E-state index in [0.717, 1.165) is 25.6 Å². The number of nitrogens with zero attached hydrogens (tertiary/aromatic N) is 2. The van der Waals surface area contributed by atoms with E-state index < -0.39 is 0 Å². The third-order valence-corrected chi connectivity index (χ3v) is 4.91. The average Bonchev–Trinajstić information content (AvgIpc) is 2.89. The number of fused-ring (bicyclic) bond motifs is 1. The minimum atomic E-state index is 0.674. The average molecular weight is 273 g/mol. The van der Waals surface area contributed by atoms with Gasteiger partial charge in [0, 0.05) is 31.7 Å². The van der Waals surface area contributed by atoms with Gasteiger partial charge in [-0.2, -0.15) is 0 Å². The molecule has 0 amide bonds. The summed E-state index contributed by atoms with van der Waals surface area (Å²) in [6, 6.07) is 10.5. The topological polar surface area (TPSA) is 32.5 Å². The molecule has 3 heteroatoms. The van der Waals surface area contributed by atoms with Crippen LogP contribution in [-0.2, 0) is 13.0 Å². The zero-order valence-corrected chi connectivity index (χ0v) is 12.6. The number of rotatable bonds is 4. The van der Waals surface area contributed by atoms with E-state index in [1.807, 2.05) is 0 Å². The molecule has 2 heterocycles. The molecule has 2 N–H and O–H groups in total. The van der Waals surface area contributed by atoms with E-state index in [2.05, 4.69) is 41.0 Å². The van der Waals surface area contributed by atoms with Gasteiger partial charge >= 0.3 is 0 Å². The van der Waals surface area contributed by atoms with Gasteiger partial charge in [0.2, 0.25) is 0 Å². The van der Waals surface area contributed by atoms with E-state index in [9.17, 15) is 0 Å². The number of piperazine rings is 1. The predicted octanol–water partition coefficient (Wildman–Crippen LogP) is 1.86. The van der Waals surface area contributed by atoms with Crippen molar-refractivity contribution < 1.29 is 0 Å². The highest BCUT2D eigenvalue weighted by molar-refractivity contribution is 5.23. The van der Waals surface area contributed by atoms with Crippen molar-refractivity contribution in [1.82, 2.24) is 9.80 Å². The molecule has 2 saturated heterocycles. The van der Waals surface area contributed by atoms with Gasteiger partial charge in [0.15, 0.2) is 0 Å². The highest BCUT2D eigenvalue weighted by Gasteiger charge is 2.34. The van der Waals surface area contributed by atoms with Gasteiger partial charge < -0.3 is 5.73 Å². The molecule has 2 aliphatic rings. The lowest BCUT2D eigenvalue weighted by molar-refractivity contribution is 0.0540. The van der Waals surface area contributed by atoms with E-state index >= 15 is 0 Å². The standard InChI is InChI=1S/C17H27N3/c1-14-11-19-10-2-3-17(19)13-20(14)12-16-6-4-15(5-7-16)8-9-18/h4-7,14,17H,2-3,8-13,18H2,1H3. The lowest BCUT2D eigenvalue weighted by atomic mass is 10.0. The summed E-state index contributed by atoms with van der Waals surface area (Å²) in [6.45, 7) is 8.00. The van der Waals surface area contributed by atoms with Crippen LogP contribution in [0.5, 0.6) is 0 Å². The Balaban J connectivity index is 1.61. The SMILES string of the molecule is CC1CN2CCCC2CN1Cc1ccc(CCN)cc1. The first-order valence-electron chi connectivity index (χ1n) is 8.02. The molecule has 3 nitrogen and oxygen atoms in total. The fourth-order valence-electron chi connectivity index (χ4n) is 3.68. The van der Waals surface area contributed by atoms with E-state index in [0.29, 0.717) is 6.04 Å². The van der Waals surface area contributed by atoms with Crippen LogP contribution in [0.3, 0.4) is 0 Å². The van der Waals surface area contributed by atoms with Gasteiger partial charge in [-0.3, -0.25) is 9.80 Å². The third-order valence-electron chi connectivity index (χ3n) is 4.91. The predicted molar refractivity (Wildman–Crippen MR) is 83.7 cm³/mol. The van der Waals surface area contributed by atoms with Crippen molar-refractivity contribution in [3.05, 3.63) is 35.4 Å². The molecule has 0 aliphatic carbocycles. The van der Waals surface area contributed by atoms with Gasteiger partial charge in [-0.15, -0.1) is 0 Å². The summed E-state index contributed by atoms with van der Waals surface area (Å²) in [5, 5.41) is 0. The van der Waals surface area contributed by atoms with Crippen molar-refractivity contribution in [3.8, 4) is 0 Å². The van der Waals surface area contributed by atoms with Crippen LogP contribution in [0.15, 0.2) is 24.3 Å². The summed E-state index contributed by atoms with van der Waals surface area (Å²) in [5.41, 5.74) is 8.39. The van der Waals surface area contributed by atoms with Crippen LogP contribution in [0.25, 0.3) is 0 Å². The lowest BCUT2D eigenvalue weighted by Gasteiger charge is -2.42. The molecule has 0 radical (unpaired) electrons. The van der Waals surface area contributed by atoms with E-state index in [1.165, 1.54) is 43.6 Å². The number of hydrogen-bond acceptors (Lipinski definition) is 3. The molecule has 3 rings (SSSR count). The maximum Gasteiger partial charge on any atom is 0.0237 e. The third kappa shape index (κ3) is 3.05. The highest BCUT2D eigenvalue weighted by atomic mass is 15.3. The quantitative estimate of drug-likeness (QED) is 0.909. The van der Waals surface area contributed by atoms with Gasteiger partial charge in [0.1, 0.15) is 0 Å². The van der Waals surface area contributed by atoms with E-state index in [1.54, 1.807) is 0 Å². The molecular formula is C17H27N3. The fraction of sp³-hybridized carbons (Fsp3) is 0.647. The lowest BCUT2D eigenvalue weighted by Crippen LogP contribution is -2.54. The molecule has 1 aromatic carbocycles. The van der Waals surface area contributed by atoms with Gasteiger partial charge in [0.25, 0.3) is 0 Å². The van der Waals surface area contributed by atoms with Gasteiger partial charge in [0.05, 0.1) is 0 Å². The van der Waals surface area contributed by atoms with Crippen LogP contribution in [-0.4, -0.2) is 48.1 Å². The minimum Gasteiger partial charge on any atom is -0.330 e. The maximum absolute atomic E-state index is 5.60. The zero-order chi connectivity index (χ0) is 13.9. The monoisotopic (exact) mass is 273 g/mol. The fourth-order valence-corrected chi connectivity index (χ4v) is 3.68. The molecule has 0 spiro atoms. The molecule has 2 aliphatic heterocycles. The summed E-state index contributed by atoms with van der Waals surface area (Å²) in [5.74, 6) is 0. The molecule has 1 aromatic rings. The summed E-state index contributed by atoms with van der Waals surface area (Å²) in [4.78, 5) is 5.34. The Labute approximate surface area is 122 Å². The Morgan fingerprint density at radius 1 is 1.15 bits per heavy atom. The smallest absolute Gasteiger partial charge is 0.0237 e. The zero-order valence-electron chi connectivity index (χ0n) is 12.6. The number of nitrogens with two attached hydrogens (primary N) is 1. The van der Waals surface area contributed by atoms with Crippen molar-refractivity contribution in [1.29, 1.82) is 0 Å². The van der Waals surface area contributed by atoms with Crippen LogP contribution >= 0.6 is 0 Å². The van der Waals surface area contributed by atoms with Crippen molar-refractivity contribution in [2.24, 2.45) is 5.73 Å². The van der Waals surface area contributed by atoms with Crippen molar-refractivity contribution in [3.63, 3.8) is 0 Å². The maximum atomic E-state index is 5.60. The largest absolute Gasteiger partial charge is 0.330 e. The second kappa shape index (κ2) is 6.25. The summed E-state index contributed by atoms with van der Waals surface area (Å²) in [7, 11) is 0. The van der Waals surface area contributed by atoms with Crippen molar-refractivity contribution in [2.75, 3.05) is 26.2 Å². The summed E-state index contributed by atoms with van der Waals surface area (Å²) >= 11 is 0. The van der Waals surface area contributed by atoms with Crippen LogP contribution < -0.4 is 5.73 Å². The minimum absolute atomic E-state index is 0.674. The molecule has 110 valence electrons. The molecule has 2 unspecified atom stereocenters. The van der Waals surface area contributed by atoms with E-state index in [4.69, 9.17) is 5.73 Å². The van der Waals surface area contributed by atoms with Crippen LogP contribution in [0.4, 0.5) is 0 Å². The van der Waals surface area contributed by atoms with Crippen LogP contribution in [0.1, 0.15) is 30.9 Å². The Kier molecular flexibility index (Phi) is 4.39. The van der Waals surface area contributed by atoms with Gasteiger partial charge in [-0.1, -0.05) is 24.3 Å². The Morgan fingerprint density at radius 2 is 1.90 bits per heavy atom. The van der Waals surface area contributed by atoms with Gasteiger partial charge in [-0.25, -0.2) is 0 Å². The Hall–Kier alpha value is -0.900. The number of benzene rings is 1. The Bertz CT molecular complexity index is 428. The first-order chi connectivity index (χ1) is 9.76. The van der Waals surface area contributed by atoms with Crippen molar-refractivity contribution in [2.45, 2.75) is 44.8 Å². The molecule has 0 aromatic heterocycles. The molecule has 2 atom stereocenters. The van der Waals surface area contributed by atoms with Gasteiger partial charge in [-0.05, 0) is 50.4 Å². The van der Waals surface area contributed by atoms with Crippen LogP contribution in [0.2, 0.25) is 0 Å². The van der Waals surface area contributed by atoms with Crippen molar-refractivity contribution >= 4 is 0 Å². The second-order valence-corrected chi connectivity index (χ2v) is 6.42. The summed E-state index contributed by atoms with van der Waals surface area (Å²) in [6.07, 6.45) is 3.76. The first-order valence-corrected chi connectivity index (χ1v) is 8.02. The molecule has 0 saturated carbocycles. The van der Waals surface area contributed by atoms with E-state index in [-0.39, 0.29) is 0 Å². The summed E-state index contributed by atoms with van der Waals surface area (Å²) < 4.78 is 0. The molecule has 20 heavy (non-hydrogen) atoms. The molecular weight excluding hydrogens is 246 g/mol. The second-order valence-electron chi connectivity index (χ2n) is 6.42. The van der Waals surface area contributed by atoms with Crippen LogP contribution in [0, 0.1) is 0 Å². The molecule has 2 fully saturated rings. The Morgan fingerprint density at radius 3 is 2.65 bits per heavy atom.